The molecule has 3 N–H and O–H groups in total. The van der Waals surface area contributed by atoms with Crippen molar-refractivity contribution < 1.29 is 9.90 Å². The number of carbonyl (C=O) groups is 1. The molecule has 0 saturated heterocycles. The normalized spacial score (nSPS) is 10.8. The number of hydrogen-bond acceptors (Lipinski definition) is 4. The van der Waals surface area contributed by atoms with E-state index in [-0.39, 0.29) is 12.6 Å². The monoisotopic (exact) mass is 344 g/mol. The highest BCUT2D eigenvalue weighted by molar-refractivity contribution is 7.99. The number of halogens is 1. The van der Waals surface area contributed by atoms with Crippen molar-refractivity contribution in [1.29, 1.82) is 0 Å². The lowest BCUT2D eigenvalue weighted by Crippen LogP contribution is -2.30. The van der Waals surface area contributed by atoms with Gasteiger partial charge in [0.25, 0.3) is 0 Å². The maximum Gasteiger partial charge on any atom is 0.319 e. The van der Waals surface area contributed by atoms with Crippen LogP contribution in [0.4, 0.5) is 9.80 Å². The van der Waals surface area contributed by atoms with E-state index in [0.717, 1.165) is 28.0 Å². The number of nitrogens with one attached hydrogen (secondary N) is 2. The molecule has 4 nitrogen and oxygen atoms in total. The van der Waals surface area contributed by atoms with Gasteiger partial charge in [-0.05, 0) is 18.2 Å². The van der Waals surface area contributed by atoms with Gasteiger partial charge in [0, 0.05) is 29.0 Å². The predicted molar refractivity (Wildman–Crippen MR) is 92.9 cm³/mol. The fourth-order valence-corrected chi connectivity index (χ4v) is 3.90. The highest BCUT2D eigenvalue weighted by Crippen LogP contribution is 2.39. The lowest BCUT2D eigenvalue weighted by molar-refractivity contribution is 0.252. The van der Waals surface area contributed by atoms with Crippen molar-refractivity contribution in [2.24, 2.45) is 0 Å². The van der Waals surface area contributed by atoms with Gasteiger partial charge in [-0.15, -0.1) is 11.3 Å². The Morgan fingerprint density at radius 2 is 2.14 bits per heavy atom. The first-order chi connectivity index (χ1) is 10.2. The van der Waals surface area contributed by atoms with Gasteiger partial charge in [0.15, 0.2) is 0 Å². The summed E-state index contributed by atoms with van der Waals surface area (Å²) < 4.78 is 1.05. The van der Waals surface area contributed by atoms with E-state index >= 15 is 0 Å². The highest BCUT2D eigenvalue weighted by Gasteiger charge is 2.11. The van der Waals surface area contributed by atoms with E-state index < -0.39 is 0 Å². The summed E-state index contributed by atoms with van der Waals surface area (Å²) in [5.41, 5.74) is 0. The minimum Gasteiger partial charge on any atom is -0.396 e. The molecule has 1 heterocycles. The summed E-state index contributed by atoms with van der Waals surface area (Å²) in [6.45, 7) is 0.801. The predicted octanol–water partition coefficient (Wildman–Crippen LogP) is 3.79. The highest BCUT2D eigenvalue weighted by atomic mass is 35.5. The van der Waals surface area contributed by atoms with E-state index in [1.807, 2.05) is 24.3 Å². The number of rotatable bonds is 7. The number of hydrogen-bond donors (Lipinski definition) is 3. The van der Waals surface area contributed by atoms with E-state index in [4.69, 9.17) is 16.7 Å². The molecule has 0 bridgehead atoms. The lowest BCUT2D eigenvalue weighted by Gasteiger charge is -2.06. The zero-order valence-corrected chi connectivity index (χ0v) is 13.8. The Labute approximate surface area is 136 Å². The van der Waals surface area contributed by atoms with E-state index in [0.29, 0.717) is 16.6 Å². The lowest BCUT2D eigenvalue weighted by atomic mass is 10.3. The second kappa shape index (κ2) is 8.48. The van der Waals surface area contributed by atoms with Crippen molar-refractivity contribution >= 4 is 55.8 Å². The van der Waals surface area contributed by atoms with Crippen LogP contribution in [0.15, 0.2) is 24.3 Å². The topological polar surface area (TPSA) is 61.4 Å². The van der Waals surface area contributed by atoms with Crippen LogP contribution in [-0.2, 0) is 0 Å². The van der Waals surface area contributed by atoms with Gasteiger partial charge in [0.2, 0.25) is 0 Å². The fourth-order valence-electron chi connectivity index (χ4n) is 1.75. The zero-order valence-electron chi connectivity index (χ0n) is 11.4. The van der Waals surface area contributed by atoms with Crippen molar-refractivity contribution in [2.45, 2.75) is 6.42 Å². The van der Waals surface area contributed by atoms with Gasteiger partial charge in [-0.2, -0.15) is 11.8 Å². The first-order valence-electron chi connectivity index (χ1n) is 6.63. The quantitative estimate of drug-likeness (QED) is 0.670. The molecule has 2 rings (SSSR count). The van der Waals surface area contributed by atoms with Gasteiger partial charge >= 0.3 is 6.03 Å². The first-order valence-corrected chi connectivity index (χ1v) is 8.97. The maximum absolute atomic E-state index is 11.8. The minimum absolute atomic E-state index is 0.214. The van der Waals surface area contributed by atoms with E-state index in [1.54, 1.807) is 11.8 Å². The smallest absolute Gasteiger partial charge is 0.319 e. The Bertz CT molecular complexity index is 604. The van der Waals surface area contributed by atoms with Crippen molar-refractivity contribution in [2.75, 3.05) is 30.0 Å². The number of anilines is 1. The van der Waals surface area contributed by atoms with Gasteiger partial charge < -0.3 is 10.4 Å². The number of thioether (sulfide) groups is 1. The number of thiophene rings is 1. The van der Waals surface area contributed by atoms with Gasteiger partial charge in [-0.1, -0.05) is 29.8 Å². The molecule has 0 fully saturated rings. The number of urea groups is 1. The molecule has 0 aliphatic carbocycles. The summed E-state index contributed by atoms with van der Waals surface area (Å²) in [6, 6.07) is 7.55. The molecule has 0 aliphatic rings. The van der Waals surface area contributed by atoms with Crippen molar-refractivity contribution in [3.05, 3.63) is 29.3 Å². The molecule has 0 spiro atoms. The number of benzene rings is 1. The number of carbonyl (C=O) groups excluding carboxylic acids is 1. The molecule has 0 atom stereocenters. The molecular weight excluding hydrogens is 328 g/mol. The Balaban J connectivity index is 1.80. The maximum atomic E-state index is 11.8. The van der Waals surface area contributed by atoms with Crippen LogP contribution >= 0.6 is 34.7 Å². The molecule has 7 heteroatoms. The average molecular weight is 345 g/mol. The number of aliphatic hydroxyl groups is 1. The number of aliphatic hydroxyl groups excluding tert-OH is 1. The molecule has 1 aromatic heterocycles. The molecule has 21 heavy (non-hydrogen) atoms. The van der Waals surface area contributed by atoms with Gasteiger partial charge in [0.05, 0.1) is 5.02 Å². The molecule has 0 unspecified atom stereocenters. The molecule has 0 saturated carbocycles. The average Bonchev–Trinajstić information content (AvgIpc) is 2.80. The minimum atomic E-state index is -0.244. The molecule has 114 valence electrons. The van der Waals surface area contributed by atoms with Crippen LogP contribution in [0.3, 0.4) is 0 Å². The van der Waals surface area contributed by atoms with Crippen LogP contribution in [-0.4, -0.2) is 35.8 Å². The van der Waals surface area contributed by atoms with Crippen molar-refractivity contribution in [3.8, 4) is 0 Å². The van der Waals surface area contributed by atoms with Crippen molar-refractivity contribution in [1.82, 2.24) is 5.32 Å². The number of amides is 2. The van der Waals surface area contributed by atoms with Crippen LogP contribution in [0.5, 0.6) is 0 Å². The molecule has 1 aromatic carbocycles. The van der Waals surface area contributed by atoms with Gasteiger partial charge in [-0.3, -0.25) is 5.32 Å². The zero-order chi connectivity index (χ0) is 15.1. The van der Waals surface area contributed by atoms with Crippen LogP contribution in [0.25, 0.3) is 10.1 Å². The summed E-state index contributed by atoms with van der Waals surface area (Å²) in [5, 5.41) is 16.5. The van der Waals surface area contributed by atoms with Crippen LogP contribution in [0, 0.1) is 0 Å². The van der Waals surface area contributed by atoms with Gasteiger partial charge in [-0.25, -0.2) is 4.79 Å². The largest absolute Gasteiger partial charge is 0.396 e. The molecule has 2 amide bonds. The fraction of sp³-hybridized carbons (Fsp3) is 0.357. The van der Waals surface area contributed by atoms with Gasteiger partial charge in [0.1, 0.15) is 5.00 Å². The summed E-state index contributed by atoms with van der Waals surface area (Å²) in [6.07, 6.45) is 0.786. The molecular formula is C14H17ClN2O2S2. The van der Waals surface area contributed by atoms with Crippen molar-refractivity contribution in [3.63, 3.8) is 0 Å². The van der Waals surface area contributed by atoms with E-state index in [1.165, 1.54) is 11.3 Å². The molecule has 0 aliphatic heterocycles. The Hall–Kier alpha value is -0.950. The third kappa shape index (κ3) is 4.78. The summed E-state index contributed by atoms with van der Waals surface area (Å²) in [4.78, 5) is 11.8. The van der Waals surface area contributed by atoms with Crippen LogP contribution in [0.2, 0.25) is 5.02 Å². The molecule has 2 aromatic rings. The Morgan fingerprint density at radius 3 is 2.90 bits per heavy atom. The Kier molecular flexibility index (Phi) is 6.63. The SMILES string of the molecule is O=C(NCCSCCCO)Nc1sc2ccccc2c1Cl. The second-order valence-corrected chi connectivity index (χ2v) is 6.97. The molecule has 0 radical (unpaired) electrons. The standard InChI is InChI=1S/C14H17ClN2O2S2/c15-12-10-4-1-2-5-11(10)21-13(12)17-14(19)16-6-9-20-8-3-7-18/h1-2,4-5,18H,3,6-9H2,(H2,16,17,19). The summed E-state index contributed by atoms with van der Waals surface area (Å²) in [7, 11) is 0. The first kappa shape index (κ1) is 16.4. The van der Waals surface area contributed by atoms with Crippen LogP contribution < -0.4 is 10.6 Å². The summed E-state index contributed by atoms with van der Waals surface area (Å²) >= 11 is 9.43. The third-order valence-electron chi connectivity index (χ3n) is 2.74. The number of fused-ring (bicyclic) bond motifs is 1. The summed E-state index contributed by atoms with van der Waals surface area (Å²) in [5.74, 6) is 1.73. The third-order valence-corrected chi connectivity index (χ3v) is 5.40. The second-order valence-electron chi connectivity index (χ2n) is 4.31. The van der Waals surface area contributed by atoms with E-state index in [2.05, 4.69) is 10.6 Å². The van der Waals surface area contributed by atoms with E-state index in [9.17, 15) is 4.79 Å². The van der Waals surface area contributed by atoms with Crippen LogP contribution in [0.1, 0.15) is 6.42 Å². The Morgan fingerprint density at radius 1 is 1.33 bits per heavy atom.